The van der Waals surface area contributed by atoms with Crippen molar-refractivity contribution < 1.29 is 19.0 Å². The van der Waals surface area contributed by atoms with Crippen LogP contribution in [0.1, 0.15) is 23.2 Å². The summed E-state index contributed by atoms with van der Waals surface area (Å²) in [5.41, 5.74) is 1.28. The fourth-order valence-electron chi connectivity index (χ4n) is 2.82. The molecule has 1 fully saturated rings. The molecule has 1 aliphatic heterocycles. The minimum atomic E-state index is -0.157. The summed E-state index contributed by atoms with van der Waals surface area (Å²) >= 11 is 1.66. The van der Waals surface area contributed by atoms with Gasteiger partial charge in [-0.15, -0.1) is 11.8 Å². The molecule has 2 aromatic rings. The van der Waals surface area contributed by atoms with Crippen LogP contribution in [0, 0.1) is 0 Å². The quantitative estimate of drug-likeness (QED) is 0.736. The zero-order chi connectivity index (χ0) is 18.4. The van der Waals surface area contributed by atoms with Crippen LogP contribution in [0.5, 0.6) is 11.5 Å². The number of thioether (sulfide) groups is 1. The van der Waals surface area contributed by atoms with Gasteiger partial charge in [-0.25, -0.2) is 0 Å². The van der Waals surface area contributed by atoms with Crippen LogP contribution in [0.2, 0.25) is 0 Å². The highest BCUT2D eigenvalue weighted by atomic mass is 32.2. The summed E-state index contributed by atoms with van der Waals surface area (Å²) in [6.07, 6.45) is 2.48. The first-order chi connectivity index (χ1) is 12.7. The van der Waals surface area contributed by atoms with E-state index in [1.165, 1.54) is 0 Å². The van der Waals surface area contributed by atoms with Gasteiger partial charge in [-0.2, -0.15) is 0 Å². The Labute approximate surface area is 158 Å². The third-order valence-electron chi connectivity index (χ3n) is 4.19. The molecule has 0 unspecified atom stereocenters. The molecule has 26 heavy (non-hydrogen) atoms. The molecular formula is C20H23NO4S. The molecule has 2 aromatic carbocycles. The lowest BCUT2D eigenvalue weighted by Crippen LogP contribution is -2.14. The van der Waals surface area contributed by atoms with Crippen LogP contribution in [0.4, 0.5) is 5.69 Å². The number of anilines is 1. The second-order valence-electron chi connectivity index (χ2n) is 6.00. The Bertz CT molecular complexity index is 737. The molecule has 0 aliphatic carbocycles. The van der Waals surface area contributed by atoms with Crippen LogP contribution in [0.25, 0.3) is 0 Å². The predicted molar refractivity (Wildman–Crippen MR) is 104 cm³/mol. The van der Waals surface area contributed by atoms with E-state index in [0.717, 1.165) is 30.1 Å². The molecule has 0 saturated carbocycles. The van der Waals surface area contributed by atoms with E-state index < -0.39 is 0 Å². The lowest BCUT2D eigenvalue weighted by atomic mass is 10.2. The molecule has 6 heteroatoms. The number of rotatable bonds is 7. The van der Waals surface area contributed by atoms with E-state index in [9.17, 15) is 4.79 Å². The number of benzene rings is 2. The van der Waals surface area contributed by atoms with E-state index in [1.54, 1.807) is 44.2 Å². The molecule has 1 aliphatic rings. The van der Waals surface area contributed by atoms with Gasteiger partial charge < -0.3 is 19.5 Å². The predicted octanol–water partition coefficient (Wildman–Crippen LogP) is 4.23. The van der Waals surface area contributed by atoms with Crippen LogP contribution in [-0.2, 0) is 4.74 Å². The highest BCUT2D eigenvalue weighted by molar-refractivity contribution is 7.99. The van der Waals surface area contributed by atoms with Gasteiger partial charge in [0.1, 0.15) is 11.5 Å². The van der Waals surface area contributed by atoms with Crippen molar-refractivity contribution in [3.05, 3.63) is 48.0 Å². The first-order valence-corrected chi connectivity index (χ1v) is 9.56. The van der Waals surface area contributed by atoms with E-state index in [-0.39, 0.29) is 12.0 Å². The standard InChI is InChI=1S/C20H23NO4S/c1-23-16-10-14(11-17(12-16)24-2)21-20(22)18-7-3-4-8-19(18)26-13-15-6-5-9-25-15/h3-4,7-8,10-12,15H,5-6,9,13H2,1-2H3,(H,21,22)/t15-/m1/s1. The number of ether oxygens (including phenoxy) is 3. The zero-order valence-electron chi connectivity index (χ0n) is 15.0. The molecule has 1 amide bonds. The Balaban J connectivity index is 1.73. The fraction of sp³-hybridized carbons (Fsp3) is 0.350. The number of carbonyl (C=O) groups excluding carboxylic acids is 1. The number of amides is 1. The van der Waals surface area contributed by atoms with Crippen molar-refractivity contribution in [2.24, 2.45) is 0 Å². The summed E-state index contributed by atoms with van der Waals surface area (Å²) in [6, 6.07) is 12.9. The number of methoxy groups -OCH3 is 2. The van der Waals surface area contributed by atoms with E-state index >= 15 is 0 Å². The Morgan fingerprint density at radius 2 is 1.92 bits per heavy atom. The molecule has 138 valence electrons. The fourth-order valence-corrected chi connectivity index (χ4v) is 3.94. The minimum Gasteiger partial charge on any atom is -0.497 e. The number of hydrogen-bond donors (Lipinski definition) is 1. The Hall–Kier alpha value is -2.18. The normalized spacial score (nSPS) is 16.3. The van der Waals surface area contributed by atoms with Crippen molar-refractivity contribution in [1.82, 2.24) is 0 Å². The zero-order valence-corrected chi connectivity index (χ0v) is 15.8. The summed E-state index contributed by atoms with van der Waals surface area (Å²) in [4.78, 5) is 13.7. The smallest absolute Gasteiger partial charge is 0.256 e. The van der Waals surface area contributed by atoms with Crippen molar-refractivity contribution in [2.75, 3.05) is 31.9 Å². The lowest BCUT2D eigenvalue weighted by Gasteiger charge is -2.13. The largest absolute Gasteiger partial charge is 0.497 e. The second kappa shape index (κ2) is 8.96. The minimum absolute atomic E-state index is 0.157. The van der Waals surface area contributed by atoms with E-state index in [0.29, 0.717) is 22.7 Å². The van der Waals surface area contributed by atoms with Crippen molar-refractivity contribution in [3.8, 4) is 11.5 Å². The lowest BCUT2D eigenvalue weighted by molar-refractivity contribution is 0.102. The van der Waals surface area contributed by atoms with Crippen LogP contribution in [0.15, 0.2) is 47.4 Å². The highest BCUT2D eigenvalue weighted by Crippen LogP contribution is 2.29. The number of hydrogen-bond acceptors (Lipinski definition) is 5. The SMILES string of the molecule is COc1cc(NC(=O)c2ccccc2SC[C@H]2CCCO2)cc(OC)c1. The van der Waals surface area contributed by atoms with Gasteiger partial charge in [0, 0.05) is 41.1 Å². The summed E-state index contributed by atoms with van der Waals surface area (Å²) in [5.74, 6) is 1.95. The summed E-state index contributed by atoms with van der Waals surface area (Å²) in [6.45, 7) is 0.838. The summed E-state index contributed by atoms with van der Waals surface area (Å²) in [7, 11) is 3.16. The van der Waals surface area contributed by atoms with Gasteiger partial charge in [0.15, 0.2) is 0 Å². The molecule has 5 nitrogen and oxygen atoms in total. The molecule has 1 saturated heterocycles. The monoisotopic (exact) mass is 373 g/mol. The second-order valence-corrected chi connectivity index (χ2v) is 7.06. The van der Waals surface area contributed by atoms with Gasteiger partial charge in [0.05, 0.1) is 25.9 Å². The van der Waals surface area contributed by atoms with Crippen molar-refractivity contribution >= 4 is 23.4 Å². The van der Waals surface area contributed by atoms with Gasteiger partial charge >= 0.3 is 0 Å². The first-order valence-electron chi connectivity index (χ1n) is 8.57. The van der Waals surface area contributed by atoms with Gasteiger partial charge in [0.2, 0.25) is 0 Å². The molecule has 3 rings (SSSR count). The van der Waals surface area contributed by atoms with Gasteiger partial charge in [-0.3, -0.25) is 4.79 Å². The van der Waals surface area contributed by atoms with Gasteiger partial charge in [0.25, 0.3) is 5.91 Å². The first kappa shape index (κ1) is 18.6. The third-order valence-corrected chi connectivity index (χ3v) is 5.40. The van der Waals surface area contributed by atoms with Gasteiger partial charge in [-0.1, -0.05) is 12.1 Å². The Kier molecular flexibility index (Phi) is 6.41. The Morgan fingerprint density at radius 3 is 2.58 bits per heavy atom. The maximum absolute atomic E-state index is 12.8. The van der Waals surface area contributed by atoms with E-state index in [4.69, 9.17) is 14.2 Å². The summed E-state index contributed by atoms with van der Waals surface area (Å²) < 4.78 is 16.2. The van der Waals surface area contributed by atoms with Crippen molar-refractivity contribution in [3.63, 3.8) is 0 Å². The maximum Gasteiger partial charge on any atom is 0.256 e. The van der Waals surface area contributed by atoms with Gasteiger partial charge in [-0.05, 0) is 25.0 Å². The molecule has 1 atom stereocenters. The number of nitrogens with one attached hydrogen (secondary N) is 1. The van der Waals surface area contributed by atoms with Crippen LogP contribution >= 0.6 is 11.8 Å². The molecule has 1 N–H and O–H groups in total. The molecular weight excluding hydrogens is 350 g/mol. The van der Waals surface area contributed by atoms with E-state index in [2.05, 4.69) is 5.32 Å². The van der Waals surface area contributed by atoms with E-state index in [1.807, 2.05) is 24.3 Å². The highest BCUT2D eigenvalue weighted by Gasteiger charge is 2.18. The molecule has 0 radical (unpaired) electrons. The average molecular weight is 373 g/mol. The maximum atomic E-state index is 12.8. The summed E-state index contributed by atoms with van der Waals surface area (Å²) in [5, 5.41) is 2.93. The third kappa shape index (κ3) is 4.71. The van der Waals surface area contributed by atoms with Crippen LogP contribution < -0.4 is 14.8 Å². The Morgan fingerprint density at radius 1 is 1.19 bits per heavy atom. The molecule has 0 aromatic heterocycles. The number of carbonyl (C=O) groups is 1. The molecule has 1 heterocycles. The van der Waals surface area contributed by atoms with Crippen LogP contribution in [0.3, 0.4) is 0 Å². The van der Waals surface area contributed by atoms with Crippen molar-refractivity contribution in [1.29, 1.82) is 0 Å². The topological polar surface area (TPSA) is 56.8 Å². The van der Waals surface area contributed by atoms with Crippen molar-refractivity contribution in [2.45, 2.75) is 23.8 Å². The average Bonchev–Trinajstić information content (AvgIpc) is 3.19. The molecule has 0 spiro atoms. The molecule has 0 bridgehead atoms. The van der Waals surface area contributed by atoms with Crippen LogP contribution in [-0.4, -0.2) is 38.6 Å².